The number of rotatable bonds is 4. The minimum atomic E-state index is -0.955. The summed E-state index contributed by atoms with van der Waals surface area (Å²) in [5.41, 5.74) is 2.61. The van der Waals surface area contributed by atoms with Crippen LogP contribution in [0.2, 0.25) is 0 Å². The van der Waals surface area contributed by atoms with Crippen LogP contribution >= 0.6 is 0 Å². The summed E-state index contributed by atoms with van der Waals surface area (Å²) < 4.78 is 11.0. The molecule has 1 atom stereocenters. The van der Waals surface area contributed by atoms with E-state index < -0.39 is 7.12 Å². The molecule has 146 valence electrons. The number of ether oxygens (including phenoxy) is 1. The summed E-state index contributed by atoms with van der Waals surface area (Å²) in [6.07, 6.45) is 2.76. The molecule has 1 saturated heterocycles. The molecule has 2 aromatic rings. The van der Waals surface area contributed by atoms with Crippen molar-refractivity contribution in [2.45, 2.75) is 19.6 Å². The molecule has 0 unspecified atom stereocenters. The Morgan fingerprint density at radius 2 is 2.29 bits per heavy atom. The van der Waals surface area contributed by atoms with Crippen LogP contribution < -0.4 is 15.5 Å². The SMILES string of the molecule is Cc1c(Oc2cnc(C(=O)N3CCNC[C@H]3CO)cn2)ccc2c1B(O)OC2. The second-order valence-electron chi connectivity index (χ2n) is 6.81. The molecule has 28 heavy (non-hydrogen) atoms. The van der Waals surface area contributed by atoms with Crippen molar-refractivity contribution < 1.29 is 24.3 Å². The van der Waals surface area contributed by atoms with E-state index in [0.717, 1.165) is 11.1 Å². The highest BCUT2D eigenvalue weighted by Gasteiger charge is 2.31. The minimum Gasteiger partial charge on any atom is -0.437 e. The van der Waals surface area contributed by atoms with Crippen LogP contribution in [0.4, 0.5) is 0 Å². The molecule has 2 aliphatic heterocycles. The normalized spacial score (nSPS) is 18.9. The predicted octanol–water partition coefficient (Wildman–Crippen LogP) is -0.799. The Labute approximate surface area is 162 Å². The highest BCUT2D eigenvalue weighted by atomic mass is 16.5. The molecule has 9 nitrogen and oxygen atoms in total. The van der Waals surface area contributed by atoms with E-state index in [9.17, 15) is 14.9 Å². The quantitative estimate of drug-likeness (QED) is 0.587. The van der Waals surface area contributed by atoms with Gasteiger partial charge in [0.1, 0.15) is 11.4 Å². The largest absolute Gasteiger partial charge is 0.492 e. The highest BCUT2D eigenvalue weighted by molar-refractivity contribution is 6.62. The Morgan fingerprint density at radius 1 is 1.43 bits per heavy atom. The van der Waals surface area contributed by atoms with Crippen LogP contribution in [0.3, 0.4) is 0 Å². The van der Waals surface area contributed by atoms with Crippen LogP contribution in [-0.2, 0) is 11.3 Å². The van der Waals surface area contributed by atoms with Crippen LogP contribution in [0.25, 0.3) is 0 Å². The van der Waals surface area contributed by atoms with E-state index >= 15 is 0 Å². The molecule has 10 heteroatoms. The number of hydrogen-bond acceptors (Lipinski definition) is 8. The van der Waals surface area contributed by atoms with Gasteiger partial charge in [-0.15, -0.1) is 0 Å². The number of piperazine rings is 1. The molecule has 1 amide bonds. The fourth-order valence-electron chi connectivity index (χ4n) is 3.53. The number of benzene rings is 1. The highest BCUT2D eigenvalue weighted by Crippen LogP contribution is 2.25. The minimum absolute atomic E-state index is 0.111. The molecule has 0 spiro atoms. The molecular formula is C18H21BN4O5. The summed E-state index contributed by atoms with van der Waals surface area (Å²) in [4.78, 5) is 22.6. The van der Waals surface area contributed by atoms with Gasteiger partial charge in [-0.05, 0) is 29.6 Å². The van der Waals surface area contributed by atoms with Crippen molar-refractivity contribution in [1.82, 2.24) is 20.2 Å². The number of fused-ring (bicyclic) bond motifs is 1. The lowest BCUT2D eigenvalue weighted by molar-refractivity contribution is 0.0530. The molecule has 0 radical (unpaired) electrons. The van der Waals surface area contributed by atoms with Crippen molar-refractivity contribution in [3.63, 3.8) is 0 Å². The van der Waals surface area contributed by atoms with Gasteiger partial charge in [-0.2, -0.15) is 0 Å². The molecule has 1 fully saturated rings. The first-order valence-corrected chi connectivity index (χ1v) is 9.13. The topological polar surface area (TPSA) is 117 Å². The third-order valence-corrected chi connectivity index (χ3v) is 5.08. The Balaban J connectivity index is 1.50. The summed E-state index contributed by atoms with van der Waals surface area (Å²) in [5, 5.41) is 22.6. The summed E-state index contributed by atoms with van der Waals surface area (Å²) >= 11 is 0. The van der Waals surface area contributed by atoms with E-state index in [4.69, 9.17) is 9.39 Å². The molecule has 0 saturated carbocycles. The maximum Gasteiger partial charge on any atom is 0.492 e. The number of hydrogen-bond donors (Lipinski definition) is 3. The smallest absolute Gasteiger partial charge is 0.437 e. The third kappa shape index (κ3) is 3.47. The Bertz CT molecular complexity index is 879. The first kappa shape index (κ1) is 18.8. The van der Waals surface area contributed by atoms with E-state index in [2.05, 4.69) is 15.3 Å². The van der Waals surface area contributed by atoms with E-state index in [1.54, 1.807) is 11.0 Å². The average Bonchev–Trinajstić information content (AvgIpc) is 3.11. The van der Waals surface area contributed by atoms with Crippen LogP contribution in [0.15, 0.2) is 24.5 Å². The van der Waals surface area contributed by atoms with Crippen molar-refractivity contribution in [2.75, 3.05) is 26.2 Å². The van der Waals surface area contributed by atoms with Gasteiger partial charge in [-0.25, -0.2) is 9.97 Å². The molecule has 1 aromatic carbocycles. The first-order valence-electron chi connectivity index (χ1n) is 9.13. The van der Waals surface area contributed by atoms with Crippen LogP contribution in [0.5, 0.6) is 11.6 Å². The standard InChI is InChI=1S/C18H21BN4O5/c1-11-15(3-2-12-10-27-19(26)17(11)12)28-16-8-21-14(7-22-16)18(25)23-5-4-20-6-13(23)9-24/h2-3,7-8,13,20,24,26H,4-6,9-10H2,1H3/t13-/m0/s1. The van der Waals surface area contributed by atoms with Gasteiger partial charge in [0.15, 0.2) is 0 Å². The van der Waals surface area contributed by atoms with Gasteiger partial charge in [0.2, 0.25) is 5.88 Å². The van der Waals surface area contributed by atoms with Crippen molar-refractivity contribution in [1.29, 1.82) is 0 Å². The summed E-state index contributed by atoms with van der Waals surface area (Å²) in [6, 6.07) is 3.36. The lowest BCUT2D eigenvalue weighted by Crippen LogP contribution is -2.55. The molecule has 3 N–H and O–H groups in total. The molecule has 0 bridgehead atoms. The summed E-state index contributed by atoms with van der Waals surface area (Å²) in [6.45, 7) is 3.82. The number of aliphatic hydroxyl groups is 1. The molecule has 0 aliphatic carbocycles. The van der Waals surface area contributed by atoms with E-state index in [-0.39, 0.29) is 30.1 Å². The number of aliphatic hydroxyl groups excluding tert-OH is 1. The Kier molecular flexibility index (Phi) is 5.27. The number of nitrogens with zero attached hydrogens (tertiary/aromatic N) is 3. The molecule has 3 heterocycles. The van der Waals surface area contributed by atoms with Crippen molar-refractivity contribution in [2.24, 2.45) is 0 Å². The predicted molar refractivity (Wildman–Crippen MR) is 100 cm³/mol. The number of amides is 1. The van der Waals surface area contributed by atoms with Gasteiger partial charge in [-0.1, -0.05) is 6.07 Å². The molecule has 4 rings (SSSR count). The first-order chi connectivity index (χ1) is 13.6. The van der Waals surface area contributed by atoms with Crippen LogP contribution in [-0.4, -0.2) is 70.3 Å². The van der Waals surface area contributed by atoms with Crippen LogP contribution in [0, 0.1) is 6.92 Å². The maximum atomic E-state index is 12.7. The van der Waals surface area contributed by atoms with Crippen molar-refractivity contribution in [3.05, 3.63) is 41.3 Å². The fourth-order valence-corrected chi connectivity index (χ4v) is 3.53. The Hall–Kier alpha value is -2.53. The molecular weight excluding hydrogens is 363 g/mol. The summed E-state index contributed by atoms with van der Waals surface area (Å²) in [7, 11) is -0.955. The average molecular weight is 384 g/mol. The van der Waals surface area contributed by atoms with Gasteiger partial charge < -0.3 is 29.7 Å². The van der Waals surface area contributed by atoms with E-state index in [1.807, 2.05) is 13.0 Å². The van der Waals surface area contributed by atoms with Gasteiger partial charge in [0.25, 0.3) is 5.91 Å². The summed E-state index contributed by atoms with van der Waals surface area (Å²) in [5.74, 6) is 0.514. The van der Waals surface area contributed by atoms with Crippen molar-refractivity contribution >= 4 is 18.5 Å². The Morgan fingerprint density at radius 3 is 3.04 bits per heavy atom. The van der Waals surface area contributed by atoms with E-state index in [1.165, 1.54) is 12.4 Å². The van der Waals surface area contributed by atoms with E-state index in [0.29, 0.717) is 37.5 Å². The van der Waals surface area contributed by atoms with Gasteiger partial charge >= 0.3 is 7.12 Å². The van der Waals surface area contributed by atoms with Gasteiger partial charge in [0.05, 0.1) is 31.6 Å². The monoisotopic (exact) mass is 384 g/mol. The second kappa shape index (κ2) is 7.84. The number of aromatic nitrogens is 2. The zero-order valence-corrected chi connectivity index (χ0v) is 15.5. The molecule has 1 aromatic heterocycles. The van der Waals surface area contributed by atoms with Crippen molar-refractivity contribution in [3.8, 4) is 11.6 Å². The zero-order valence-electron chi connectivity index (χ0n) is 15.5. The van der Waals surface area contributed by atoms with Crippen LogP contribution in [0.1, 0.15) is 21.6 Å². The van der Waals surface area contributed by atoms with Gasteiger partial charge in [-0.3, -0.25) is 4.79 Å². The number of nitrogens with one attached hydrogen (secondary N) is 1. The zero-order chi connectivity index (χ0) is 19.7. The molecule has 2 aliphatic rings. The van der Waals surface area contributed by atoms with Gasteiger partial charge in [0, 0.05) is 19.6 Å². The lowest BCUT2D eigenvalue weighted by Gasteiger charge is -2.34. The third-order valence-electron chi connectivity index (χ3n) is 5.08. The maximum absolute atomic E-state index is 12.7. The second-order valence-corrected chi connectivity index (χ2v) is 6.81. The number of carbonyl (C=O) groups excluding carboxylic acids is 1. The lowest BCUT2D eigenvalue weighted by atomic mass is 9.76. The number of carbonyl (C=O) groups is 1. The fraction of sp³-hybridized carbons (Fsp3) is 0.389.